The minimum atomic E-state index is -4.36. The summed E-state index contributed by atoms with van der Waals surface area (Å²) in [6, 6.07) is 26.8. The lowest BCUT2D eigenvalue weighted by molar-refractivity contribution is -0.118. The van der Waals surface area contributed by atoms with Gasteiger partial charge in [0.05, 0.1) is 29.1 Å². The highest BCUT2D eigenvalue weighted by molar-refractivity contribution is 7.90. The Kier molecular flexibility index (Phi) is 9.25. The van der Waals surface area contributed by atoms with Crippen LogP contribution in [0.25, 0.3) is 11.4 Å². The number of amidine groups is 1. The van der Waals surface area contributed by atoms with Crippen molar-refractivity contribution in [2.45, 2.75) is 24.4 Å². The van der Waals surface area contributed by atoms with Crippen LogP contribution in [-0.2, 0) is 30.9 Å². The zero-order valence-electron chi connectivity index (χ0n) is 26.1. The van der Waals surface area contributed by atoms with Crippen molar-refractivity contribution in [3.05, 3.63) is 119 Å². The molecule has 1 aromatic heterocycles. The minimum absolute atomic E-state index is 0.0262. The Balaban J connectivity index is 1.58. The summed E-state index contributed by atoms with van der Waals surface area (Å²) in [5.74, 6) is -2.30. The molecule has 1 unspecified atom stereocenters. The minimum Gasteiger partial charge on any atom is -0.465 e. The maximum Gasteiger partial charge on any atom is 0.337 e. The number of esters is 1. The molecule has 6 rings (SSSR count). The van der Waals surface area contributed by atoms with Gasteiger partial charge in [0.15, 0.2) is 17.7 Å². The SMILES string of the molecule is COC(=O)c1ccc(Cl)c(NC(=O)C(C2=NS(=O)(=O)c3ccccc3N2Cc2ccccc2)n2nc(-c3ccccc3)nc2NC(C)=O)c1. The molecule has 1 atom stereocenters. The summed E-state index contributed by atoms with van der Waals surface area (Å²) >= 11 is 6.46. The highest BCUT2D eigenvalue weighted by Gasteiger charge is 2.41. The number of hydrogen-bond donors (Lipinski definition) is 2. The van der Waals surface area contributed by atoms with Gasteiger partial charge in [-0.3, -0.25) is 14.9 Å². The molecule has 1 aliphatic rings. The number of amides is 2. The summed E-state index contributed by atoms with van der Waals surface area (Å²) in [5.41, 5.74) is 1.73. The van der Waals surface area contributed by atoms with E-state index in [1.165, 1.54) is 38.3 Å². The van der Waals surface area contributed by atoms with E-state index in [4.69, 9.17) is 16.3 Å². The molecule has 2 N–H and O–H groups in total. The molecule has 0 radical (unpaired) electrons. The Hall–Kier alpha value is -5.86. The Bertz CT molecular complexity index is 2210. The quantitative estimate of drug-likeness (QED) is 0.194. The monoisotopic (exact) mass is 697 g/mol. The molecule has 248 valence electrons. The third kappa shape index (κ3) is 6.91. The van der Waals surface area contributed by atoms with Gasteiger partial charge in [0.2, 0.25) is 11.9 Å². The van der Waals surface area contributed by atoms with E-state index < -0.39 is 33.8 Å². The molecule has 49 heavy (non-hydrogen) atoms. The number of para-hydroxylation sites is 1. The standard InChI is InChI=1S/C34H28ClN7O6S/c1-21(43)36-34-38-30(23-13-7-4-8-14-23)39-42(34)29(32(44)37-26-19-24(33(45)48-2)17-18-25(26)35)31-40-49(46,47)28-16-10-9-15-27(28)41(31)20-22-11-5-3-6-12-22/h3-19,29H,20H2,1-2H3,(H,37,44)(H,36,38,39,43). The molecular formula is C34H28ClN7O6S. The van der Waals surface area contributed by atoms with E-state index in [2.05, 4.69) is 25.1 Å². The number of fused-ring (bicyclic) bond motifs is 1. The van der Waals surface area contributed by atoms with Crippen LogP contribution in [0.4, 0.5) is 17.3 Å². The summed E-state index contributed by atoms with van der Waals surface area (Å²) in [6.07, 6.45) is 0. The third-order valence-corrected chi connectivity index (χ3v) is 9.10. The maximum absolute atomic E-state index is 14.6. The van der Waals surface area contributed by atoms with Gasteiger partial charge in [-0.05, 0) is 35.9 Å². The second-order valence-electron chi connectivity index (χ2n) is 10.8. The first-order valence-corrected chi connectivity index (χ1v) is 16.6. The molecule has 2 heterocycles. The van der Waals surface area contributed by atoms with E-state index >= 15 is 0 Å². The largest absolute Gasteiger partial charge is 0.465 e. The zero-order valence-corrected chi connectivity index (χ0v) is 27.6. The van der Waals surface area contributed by atoms with Gasteiger partial charge < -0.3 is 15.0 Å². The van der Waals surface area contributed by atoms with Crippen LogP contribution in [0.5, 0.6) is 0 Å². The Morgan fingerprint density at radius 3 is 2.27 bits per heavy atom. The van der Waals surface area contributed by atoms with E-state index in [9.17, 15) is 22.8 Å². The Morgan fingerprint density at radius 2 is 1.57 bits per heavy atom. The number of ether oxygens (including phenoxy) is 1. The van der Waals surface area contributed by atoms with Gasteiger partial charge in [-0.1, -0.05) is 84.4 Å². The van der Waals surface area contributed by atoms with Crippen molar-refractivity contribution >= 4 is 62.6 Å². The molecule has 13 nitrogen and oxygen atoms in total. The second kappa shape index (κ2) is 13.7. The lowest BCUT2D eigenvalue weighted by atomic mass is 10.1. The van der Waals surface area contributed by atoms with Crippen LogP contribution in [-0.4, -0.2) is 53.9 Å². The first kappa shape index (κ1) is 33.1. The lowest BCUT2D eigenvalue weighted by Gasteiger charge is -2.34. The topological polar surface area (TPSA) is 165 Å². The predicted molar refractivity (Wildman–Crippen MR) is 184 cm³/mol. The van der Waals surface area contributed by atoms with Crippen molar-refractivity contribution in [3.63, 3.8) is 0 Å². The number of methoxy groups -OCH3 is 1. The molecule has 0 bridgehead atoms. The van der Waals surface area contributed by atoms with Crippen LogP contribution in [0, 0.1) is 0 Å². The van der Waals surface area contributed by atoms with Crippen molar-refractivity contribution in [2.75, 3.05) is 22.6 Å². The van der Waals surface area contributed by atoms with Crippen molar-refractivity contribution in [3.8, 4) is 11.4 Å². The number of nitrogens with zero attached hydrogens (tertiary/aromatic N) is 5. The summed E-state index contributed by atoms with van der Waals surface area (Å²) < 4.78 is 37.7. The lowest BCUT2D eigenvalue weighted by Crippen LogP contribution is -2.46. The van der Waals surface area contributed by atoms with Gasteiger partial charge in [-0.25, -0.2) is 9.48 Å². The smallest absolute Gasteiger partial charge is 0.337 e. The number of sulfonamides is 1. The molecule has 1 aliphatic heterocycles. The van der Waals surface area contributed by atoms with Gasteiger partial charge in [0.25, 0.3) is 15.9 Å². The van der Waals surface area contributed by atoms with Crippen molar-refractivity contribution in [1.82, 2.24) is 14.8 Å². The molecule has 0 saturated heterocycles. The van der Waals surface area contributed by atoms with Crippen LogP contribution < -0.4 is 15.5 Å². The van der Waals surface area contributed by atoms with E-state index in [1.54, 1.807) is 53.4 Å². The van der Waals surface area contributed by atoms with Crippen LogP contribution in [0.15, 0.2) is 112 Å². The fourth-order valence-electron chi connectivity index (χ4n) is 5.23. The summed E-state index contributed by atoms with van der Waals surface area (Å²) in [7, 11) is -3.14. The number of carbonyl (C=O) groups excluding carboxylic acids is 3. The molecule has 2 amide bonds. The molecule has 4 aromatic carbocycles. The van der Waals surface area contributed by atoms with Crippen molar-refractivity contribution < 1.29 is 27.5 Å². The van der Waals surface area contributed by atoms with Crippen LogP contribution in [0.2, 0.25) is 5.02 Å². The summed E-state index contributed by atoms with van der Waals surface area (Å²) in [5, 5.41) is 10.0. The molecule has 0 aliphatic carbocycles. The number of rotatable bonds is 9. The number of carbonyl (C=O) groups is 3. The van der Waals surface area contributed by atoms with Gasteiger partial charge in [-0.2, -0.15) is 13.4 Å². The van der Waals surface area contributed by atoms with Gasteiger partial charge >= 0.3 is 5.97 Å². The zero-order chi connectivity index (χ0) is 34.7. The van der Waals surface area contributed by atoms with Crippen LogP contribution >= 0.6 is 11.6 Å². The number of anilines is 3. The molecular weight excluding hydrogens is 670 g/mol. The highest BCUT2D eigenvalue weighted by Crippen LogP contribution is 2.37. The predicted octanol–water partition coefficient (Wildman–Crippen LogP) is 5.33. The average molecular weight is 698 g/mol. The fourth-order valence-corrected chi connectivity index (χ4v) is 6.63. The molecule has 0 fully saturated rings. The average Bonchev–Trinajstić information content (AvgIpc) is 3.50. The Morgan fingerprint density at radius 1 is 0.898 bits per heavy atom. The molecule has 0 saturated carbocycles. The van der Waals surface area contributed by atoms with E-state index in [1.807, 2.05) is 30.3 Å². The number of nitrogens with one attached hydrogen (secondary N) is 2. The van der Waals surface area contributed by atoms with Gasteiger partial charge in [-0.15, -0.1) is 9.50 Å². The normalized spacial score (nSPS) is 13.9. The number of benzene rings is 4. The van der Waals surface area contributed by atoms with Crippen LogP contribution in [0.1, 0.15) is 28.9 Å². The highest BCUT2D eigenvalue weighted by atomic mass is 35.5. The van der Waals surface area contributed by atoms with Gasteiger partial charge in [0.1, 0.15) is 4.90 Å². The Labute approximate surface area is 286 Å². The van der Waals surface area contributed by atoms with E-state index in [0.717, 1.165) is 10.2 Å². The van der Waals surface area contributed by atoms with Gasteiger partial charge in [0, 0.05) is 19.0 Å². The first-order chi connectivity index (χ1) is 23.6. The summed E-state index contributed by atoms with van der Waals surface area (Å²) in [4.78, 5) is 45.4. The summed E-state index contributed by atoms with van der Waals surface area (Å²) in [6.45, 7) is 1.36. The van der Waals surface area contributed by atoms with E-state index in [-0.39, 0.29) is 51.0 Å². The van der Waals surface area contributed by atoms with Crippen LogP contribution in [0.3, 0.4) is 0 Å². The molecule has 0 spiro atoms. The van der Waals surface area contributed by atoms with Crippen molar-refractivity contribution in [1.29, 1.82) is 0 Å². The molecule has 5 aromatic rings. The first-order valence-electron chi connectivity index (χ1n) is 14.8. The van der Waals surface area contributed by atoms with Crippen molar-refractivity contribution in [2.24, 2.45) is 4.40 Å². The number of aromatic nitrogens is 3. The number of halogens is 1. The second-order valence-corrected chi connectivity index (χ2v) is 12.8. The van der Waals surface area contributed by atoms with E-state index in [0.29, 0.717) is 5.56 Å². The maximum atomic E-state index is 14.6. The fraction of sp³-hybridized carbons (Fsp3) is 0.118. The third-order valence-electron chi connectivity index (χ3n) is 7.44. The number of hydrogen-bond acceptors (Lipinski definition) is 9. The molecule has 15 heteroatoms.